The molecule has 8 nitrogen and oxygen atoms in total. The number of amides is 1. The summed E-state index contributed by atoms with van der Waals surface area (Å²) in [6.07, 6.45) is 3.71. The molecule has 0 aromatic heterocycles. The fraction of sp³-hybridized carbons (Fsp3) is 0.333. The minimum atomic E-state index is -1.27. The first kappa shape index (κ1) is 19.0. The van der Waals surface area contributed by atoms with Crippen LogP contribution in [0.4, 0.5) is 11.4 Å². The zero-order valence-corrected chi connectivity index (χ0v) is 15.4. The van der Waals surface area contributed by atoms with Crippen LogP contribution in [0.1, 0.15) is 18.4 Å². The lowest BCUT2D eigenvalue weighted by atomic mass is 10.1. The maximum absolute atomic E-state index is 12.6. The summed E-state index contributed by atoms with van der Waals surface area (Å²) in [4.78, 5) is 27.0. The summed E-state index contributed by atoms with van der Waals surface area (Å²) < 4.78 is 0. The van der Waals surface area contributed by atoms with Gasteiger partial charge in [0.25, 0.3) is 11.6 Å². The van der Waals surface area contributed by atoms with Gasteiger partial charge in [0.15, 0.2) is 11.3 Å². The smallest absolute Gasteiger partial charge is 0.293 e. The molecule has 2 aliphatic heterocycles. The van der Waals surface area contributed by atoms with E-state index in [1.54, 1.807) is 12.1 Å². The molecule has 27 heavy (non-hydrogen) atoms. The van der Waals surface area contributed by atoms with Crippen LogP contribution in [0, 0.1) is 10.1 Å². The van der Waals surface area contributed by atoms with Crippen LogP contribution in [0.2, 0.25) is 0 Å². The molecule has 2 saturated heterocycles. The van der Waals surface area contributed by atoms with Crippen molar-refractivity contribution in [1.29, 1.82) is 0 Å². The Hall–Kier alpha value is -2.78. The fourth-order valence-corrected chi connectivity index (χ4v) is 3.52. The molecule has 0 saturated carbocycles. The van der Waals surface area contributed by atoms with E-state index in [1.165, 1.54) is 23.1 Å². The number of aliphatic hydroxyl groups excluding tert-OH is 1. The van der Waals surface area contributed by atoms with E-state index in [4.69, 9.17) is 12.2 Å². The van der Waals surface area contributed by atoms with Gasteiger partial charge in [-0.1, -0.05) is 12.1 Å². The number of anilines is 1. The maximum Gasteiger partial charge on any atom is 0.293 e. The summed E-state index contributed by atoms with van der Waals surface area (Å²) in [6.45, 7) is 5.36. The van der Waals surface area contributed by atoms with Crippen LogP contribution >= 0.6 is 12.2 Å². The SMILES string of the molecule is C=CCN1C(=O)C(=Cc2ccc(N3CCCC3)c([N+](=O)[O-])c2)[C@@H](O)NC1=S. The normalized spacial score (nSPS) is 21.5. The van der Waals surface area contributed by atoms with E-state index in [2.05, 4.69) is 11.9 Å². The molecule has 0 radical (unpaired) electrons. The highest BCUT2D eigenvalue weighted by atomic mass is 32.1. The Morgan fingerprint density at radius 3 is 2.74 bits per heavy atom. The van der Waals surface area contributed by atoms with Crippen LogP contribution in [0.25, 0.3) is 6.08 Å². The number of thiocarbonyl (C=S) groups is 1. The van der Waals surface area contributed by atoms with Gasteiger partial charge in [-0.2, -0.15) is 0 Å². The number of benzene rings is 1. The molecule has 0 unspecified atom stereocenters. The summed E-state index contributed by atoms with van der Waals surface area (Å²) >= 11 is 5.06. The number of nitrogens with one attached hydrogen (secondary N) is 1. The lowest BCUT2D eigenvalue weighted by Gasteiger charge is -2.32. The Balaban J connectivity index is 1.96. The zero-order chi connectivity index (χ0) is 19.6. The van der Waals surface area contributed by atoms with E-state index in [0.717, 1.165) is 25.9 Å². The van der Waals surface area contributed by atoms with Crippen molar-refractivity contribution in [2.75, 3.05) is 24.5 Å². The number of carbonyl (C=O) groups is 1. The predicted molar refractivity (Wildman–Crippen MR) is 106 cm³/mol. The highest BCUT2D eigenvalue weighted by Crippen LogP contribution is 2.32. The molecule has 0 spiro atoms. The maximum atomic E-state index is 12.6. The molecule has 1 aromatic carbocycles. The van der Waals surface area contributed by atoms with E-state index >= 15 is 0 Å². The van der Waals surface area contributed by atoms with Crippen molar-refractivity contribution in [3.05, 3.63) is 52.1 Å². The first-order valence-electron chi connectivity index (χ1n) is 8.58. The van der Waals surface area contributed by atoms with Gasteiger partial charge in [-0.05, 0) is 42.8 Å². The molecule has 2 N–H and O–H groups in total. The first-order valence-corrected chi connectivity index (χ1v) is 8.99. The second-order valence-electron chi connectivity index (χ2n) is 6.36. The highest BCUT2D eigenvalue weighted by molar-refractivity contribution is 7.80. The number of hydrogen-bond donors (Lipinski definition) is 2. The fourth-order valence-electron chi connectivity index (χ4n) is 3.25. The molecule has 0 aliphatic carbocycles. The quantitative estimate of drug-likeness (QED) is 0.261. The predicted octanol–water partition coefficient (Wildman–Crippen LogP) is 1.80. The molecule has 3 rings (SSSR count). The first-order chi connectivity index (χ1) is 12.9. The third-order valence-electron chi connectivity index (χ3n) is 4.57. The minimum Gasteiger partial charge on any atom is -0.369 e. The van der Waals surface area contributed by atoms with Crippen LogP contribution in [0.5, 0.6) is 0 Å². The molecule has 9 heteroatoms. The van der Waals surface area contributed by atoms with E-state index < -0.39 is 17.1 Å². The third-order valence-corrected chi connectivity index (χ3v) is 4.91. The van der Waals surface area contributed by atoms with Gasteiger partial charge in [0, 0.05) is 25.7 Å². The van der Waals surface area contributed by atoms with Crippen LogP contribution < -0.4 is 10.2 Å². The number of aliphatic hydroxyl groups is 1. The van der Waals surface area contributed by atoms with E-state index in [0.29, 0.717) is 11.3 Å². The summed E-state index contributed by atoms with van der Waals surface area (Å²) in [7, 11) is 0. The average Bonchev–Trinajstić information content (AvgIpc) is 3.16. The lowest BCUT2D eigenvalue weighted by Crippen LogP contribution is -2.55. The van der Waals surface area contributed by atoms with Gasteiger partial charge in [0.05, 0.1) is 10.5 Å². The Morgan fingerprint density at radius 1 is 1.41 bits per heavy atom. The number of nitro benzene ring substituents is 1. The monoisotopic (exact) mass is 388 g/mol. The van der Waals surface area contributed by atoms with E-state index in [-0.39, 0.29) is 22.9 Å². The van der Waals surface area contributed by atoms with Crippen molar-refractivity contribution in [1.82, 2.24) is 10.2 Å². The van der Waals surface area contributed by atoms with Gasteiger partial charge in [-0.25, -0.2) is 0 Å². The van der Waals surface area contributed by atoms with E-state index in [9.17, 15) is 20.0 Å². The molecule has 1 aromatic rings. The Kier molecular flexibility index (Phi) is 5.52. The Bertz CT molecular complexity index is 833. The average molecular weight is 388 g/mol. The van der Waals surface area contributed by atoms with Crippen molar-refractivity contribution < 1.29 is 14.8 Å². The van der Waals surface area contributed by atoms with Crippen LogP contribution in [-0.2, 0) is 4.79 Å². The lowest BCUT2D eigenvalue weighted by molar-refractivity contribution is -0.384. The molecule has 0 bridgehead atoms. The van der Waals surface area contributed by atoms with E-state index in [1.807, 2.05) is 4.90 Å². The Labute approximate surface area is 161 Å². The minimum absolute atomic E-state index is 0.0181. The number of hydrogen-bond acceptors (Lipinski definition) is 6. The van der Waals surface area contributed by atoms with Gasteiger partial charge in [0.2, 0.25) is 0 Å². The van der Waals surface area contributed by atoms with Crippen molar-refractivity contribution >= 4 is 40.7 Å². The molecule has 2 aliphatic rings. The van der Waals surface area contributed by atoms with Crippen LogP contribution in [0.15, 0.2) is 36.4 Å². The zero-order valence-electron chi connectivity index (χ0n) is 14.6. The van der Waals surface area contributed by atoms with Crippen LogP contribution in [-0.4, -0.2) is 51.8 Å². The third kappa shape index (κ3) is 3.83. The second kappa shape index (κ2) is 7.85. The molecule has 1 atom stereocenters. The number of nitro groups is 1. The second-order valence-corrected chi connectivity index (χ2v) is 6.74. The van der Waals surface area contributed by atoms with Crippen molar-refractivity contribution in [3.63, 3.8) is 0 Å². The molecule has 142 valence electrons. The highest BCUT2D eigenvalue weighted by Gasteiger charge is 2.32. The molecular formula is C18H20N4O4S. The number of rotatable bonds is 5. The van der Waals surface area contributed by atoms with Gasteiger partial charge < -0.3 is 15.3 Å². The van der Waals surface area contributed by atoms with Crippen molar-refractivity contribution in [2.45, 2.75) is 19.1 Å². The molecule has 2 fully saturated rings. The largest absolute Gasteiger partial charge is 0.369 e. The number of carbonyl (C=O) groups excluding carboxylic acids is 1. The van der Waals surface area contributed by atoms with Crippen molar-refractivity contribution in [2.24, 2.45) is 0 Å². The standard InChI is InChI=1S/C18H20N4O4S/c1-2-7-21-17(24)13(16(23)19-18(21)27)10-12-5-6-14(15(11-12)22(25)26)20-8-3-4-9-20/h2,5-6,10-11,16,23H,1,3-4,7-9H2,(H,19,27)/t16-/m1/s1. The summed E-state index contributed by atoms with van der Waals surface area (Å²) in [5.74, 6) is -0.461. The molecular weight excluding hydrogens is 368 g/mol. The van der Waals surface area contributed by atoms with Crippen molar-refractivity contribution in [3.8, 4) is 0 Å². The van der Waals surface area contributed by atoms with Crippen LogP contribution in [0.3, 0.4) is 0 Å². The summed E-state index contributed by atoms with van der Waals surface area (Å²) in [5.41, 5.74) is 1.08. The molecule has 2 heterocycles. The van der Waals surface area contributed by atoms with Gasteiger partial charge in [0.1, 0.15) is 5.69 Å². The topological polar surface area (TPSA) is 99.0 Å². The molecule has 1 amide bonds. The van der Waals surface area contributed by atoms with Gasteiger partial charge in [-0.3, -0.25) is 19.8 Å². The van der Waals surface area contributed by atoms with Gasteiger partial charge >= 0.3 is 0 Å². The summed E-state index contributed by atoms with van der Waals surface area (Å²) in [6, 6.07) is 4.82. The number of nitrogens with zero attached hydrogens (tertiary/aromatic N) is 3. The van der Waals surface area contributed by atoms with Gasteiger partial charge in [-0.15, -0.1) is 6.58 Å². The summed E-state index contributed by atoms with van der Waals surface area (Å²) in [5, 5.41) is 24.5. The Morgan fingerprint density at radius 2 is 2.11 bits per heavy atom.